The van der Waals surface area contributed by atoms with E-state index in [1.165, 1.54) is 13.8 Å². The van der Waals surface area contributed by atoms with Crippen molar-refractivity contribution >= 4 is 21.6 Å². The fourth-order valence-electron chi connectivity index (χ4n) is 1.13. The van der Waals surface area contributed by atoms with Crippen molar-refractivity contribution in [1.29, 1.82) is 0 Å². The Labute approximate surface area is 101 Å². The monoisotopic (exact) mass is 256 g/mol. The molecular weight excluding hydrogens is 240 g/mol. The Morgan fingerprint density at radius 2 is 1.82 bits per heavy atom. The summed E-state index contributed by atoms with van der Waals surface area (Å²) in [5.74, 6) is -0.538. The molecule has 0 fully saturated rings. The van der Waals surface area contributed by atoms with Crippen LogP contribution in [0.4, 0.5) is 5.69 Å². The minimum Gasteiger partial charge on any atom is -0.399 e. The second-order valence-corrected chi connectivity index (χ2v) is 6.27. The summed E-state index contributed by atoms with van der Waals surface area (Å²) in [4.78, 5) is 11.5. The normalized spacial score (nSPS) is 11.5. The third kappa shape index (κ3) is 4.07. The number of nitrogen functional groups attached to an aromatic ring is 1. The van der Waals surface area contributed by atoms with Gasteiger partial charge in [0.25, 0.3) is 0 Å². The van der Waals surface area contributed by atoms with E-state index in [1.54, 1.807) is 24.3 Å². The van der Waals surface area contributed by atoms with E-state index in [9.17, 15) is 13.2 Å². The first kappa shape index (κ1) is 13.5. The number of benzene rings is 1. The molecule has 0 saturated carbocycles. The van der Waals surface area contributed by atoms with Gasteiger partial charge in [0.15, 0.2) is 0 Å². The molecule has 5 nitrogen and oxygen atoms in total. The molecule has 94 valence electrons. The lowest BCUT2D eigenvalue weighted by Crippen LogP contribution is -2.36. The maximum atomic E-state index is 11.5. The minimum absolute atomic E-state index is 0.0201. The predicted molar refractivity (Wildman–Crippen MR) is 66.8 cm³/mol. The molecule has 1 aromatic rings. The molecule has 0 heterocycles. The molecule has 0 aliphatic heterocycles. The number of amides is 1. The molecule has 0 bridgehead atoms. The first-order chi connectivity index (χ1) is 7.81. The Morgan fingerprint density at radius 3 is 2.29 bits per heavy atom. The summed E-state index contributed by atoms with van der Waals surface area (Å²) >= 11 is 0. The molecule has 0 radical (unpaired) electrons. The Morgan fingerprint density at radius 1 is 1.29 bits per heavy atom. The Kier molecular flexibility index (Phi) is 4.11. The number of sulfonamides is 1. The van der Waals surface area contributed by atoms with Crippen molar-refractivity contribution in [2.24, 2.45) is 0 Å². The maximum Gasteiger partial charge on any atom is 0.237 e. The number of nitrogens with one attached hydrogen (secondary N) is 1. The largest absolute Gasteiger partial charge is 0.399 e. The van der Waals surface area contributed by atoms with Crippen molar-refractivity contribution in [3.8, 4) is 0 Å². The fraction of sp³-hybridized carbons (Fsp3) is 0.364. The van der Waals surface area contributed by atoms with Crippen molar-refractivity contribution in [3.63, 3.8) is 0 Å². The van der Waals surface area contributed by atoms with Gasteiger partial charge in [-0.25, -0.2) is 8.42 Å². The number of carbonyl (C=O) groups is 1. The second-order valence-electron chi connectivity index (χ2n) is 4.04. The van der Waals surface area contributed by atoms with Crippen molar-refractivity contribution in [3.05, 3.63) is 29.8 Å². The van der Waals surface area contributed by atoms with Gasteiger partial charge < -0.3 is 5.73 Å². The lowest BCUT2D eigenvalue weighted by Gasteiger charge is -2.09. The van der Waals surface area contributed by atoms with Gasteiger partial charge in [-0.05, 0) is 31.5 Å². The molecule has 0 aliphatic rings. The predicted octanol–water partition coefficient (Wildman–Crippen LogP) is 0.666. The SMILES string of the molecule is CC(C)S(=O)(=O)NC(=O)Cc1ccc(N)cc1. The number of hydrogen-bond donors (Lipinski definition) is 2. The highest BCUT2D eigenvalue weighted by molar-refractivity contribution is 7.90. The van der Waals surface area contributed by atoms with Crippen LogP contribution in [0.5, 0.6) is 0 Å². The molecule has 0 aliphatic carbocycles. The summed E-state index contributed by atoms with van der Waals surface area (Å²) in [5.41, 5.74) is 6.82. The van der Waals surface area contributed by atoms with Gasteiger partial charge in [0.2, 0.25) is 15.9 Å². The van der Waals surface area contributed by atoms with Gasteiger partial charge in [0, 0.05) is 5.69 Å². The van der Waals surface area contributed by atoms with Crippen LogP contribution in [-0.4, -0.2) is 19.6 Å². The summed E-state index contributed by atoms with van der Waals surface area (Å²) in [6.45, 7) is 3.03. The lowest BCUT2D eigenvalue weighted by molar-refractivity contribution is -0.118. The molecule has 0 atom stereocenters. The molecule has 17 heavy (non-hydrogen) atoms. The Bertz CT molecular complexity index is 492. The van der Waals surface area contributed by atoms with Crippen LogP contribution in [-0.2, 0) is 21.2 Å². The first-order valence-electron chi connectivity index (χ1n) is 5.20. The molecule has 6 heteroatoms. The average Bonchev–Trinajstić information content (AvgIpc) is 2.20. The van der Waals surface area contributed by atoms with Crippen molar-refractivity contribution in [2.75, 3.05) is 5.73 Å². The highest BCUT2D eigenvalue weighted by Crippen LogP contribution is 2.06. The Balaban J connectivity index is 2.65. The third-order valence-corrected chi connectivity index (χ3v) is 3.97. The summed E-state index contributed by atoms with van der Waals surface area (Å²) in [6, 6.07) is 6.72. The van der Waals surface area contributed by atoms with Crippen LogP contribution >= 0.6 is 0 Å². The summed E-state index contributed by atoms with van der Waals surface area (Å²) < 4.78 is 24.9. The molecule has 1 amide bonds. The van der Waals surface area contributed by atoms with Gasteiger partial charge in [-0.3, -0.25) is 9.52 Å². The van der Waals surface area contributed by atoms with Crippen LogP contribution < -0.4 is 10.5 Å². The number of hydrogen-bond acceptors (Lipinski definition) is 4. The van der Waals surface area contributed by atoms with E-state index in [4.69, 9.17) is 5.73 Å². The fourth-order valence-corrected chi connectivity index (χ4v) is 1.76. The highest BCUT2D eigenvalue weighted by Gasteiger charge is 2.18. The zero-order chi connectivity index (χ0) is 13.1. The standard InChI is InChI=1S/C11H16N2O3S/c1-8(2)17(15,16)13-11(14)7-9-3-5-10(12)6-4-9/h3-6,8H,7,12H2,1-2H3,(H,13,14). The van der Waals surface area contributed by atoms with Gasteiger partial charge in [-0.15, -0.1) is 0 Å². The molecule has 0 spiro atoms. The van der Waals surface area contributed by atoms with Crippen LogP contribution in [0.3, 0.4) is 0 Å². The van der Waals surface area contributed by atoms with E-state index in [2.05, 4.69) is 0 Å². The molecule has 3 N–H and O–H groups in total. The lowest BCUT2D eigenvalue weighted by atomic mass is 10.1. The van der Waals surface area contributed by atoms with Gasteiger partial charge in [0.05, 0.1) is 11.7 Å². The minimum atomic E-state index is -3.55. The van der Waals surface area contributed by atoms with Crippen molar-refractivity contribution in [2.45, 2.75) is 25.5 Å². The van der Waals surface area contributed by atoms with Crippen LogP contribution in [0.1, 0.15) is 19.4 Å². The molecule has 1 rings (SSSR count). The average molecular weight is 256 g/mol. The molecule has 0 unspecified atom stereocenters. The summed E-state index contributed by atoms with van der Waals surface area (Å²) in [5, 5.41) is -0.627. The van der Waals surface area contributed by atoms with Crippen LogP contribution in [0.15, 0.2) is 24.3 Å². The molecule has 1 aromatic carbocycles. The topological polar surface area (TPSA) is 89.3 Å². The van der Waals surface area contributed by atoms with Gasteiger partial charge in [-0.2, -0.15) is 0 Å². The highest BCUT2D eigenvalue weighted by atomic mass is 32.2. The van der Waals surface area contributed by atoms with Crippen LogP contribution in [0, 0.1) is 0 Å². The number of carbonyl (C=O) groups excluding carboxylic acids is 1. The van der Waals surface area contributed by atoms with Crippen LogP contribution in [0.2, 0.25) is 0 Å². The number of rotatable bonds is 4. The smallest absolute Gasteiger partial charge is 0.237 e. The number of anilines is 1. The molecular formula is C11H16N2O3S. The number of nitrogens with two attached hydrogens (primary N) is 1. The zero-order valence-electron chi connectivity index (χ0n) is 9.80. The van der Waals surface area contributed by atoms with E-state index in [0.717, 1.165) is 5.56 Å². The van der Waals surface area contributed by atoms with E-state index in [0.29, 0.717) is 5.69 Å². The molecule has 0 saturated heterocycles. The van der Waals surface area contributed by atoms with E-state index in [-0.39, 0.29) is 6.42 Å². The summed E-state index contributed by atoms with van der Waals surface area (Å²) in [6.07, 6.45) is 0.0201. The summed E-state index contributed by atoms with van der Waals surface area (Å²) in [7, 11) is -3.55. The Hall–Kier alpha value is -1.56. The zero-order valence-corrected chi connectivity index (χ0v) is 10.6. The van der Waals surface area contributed by atoms with E-state index < -0.39 is 21.2 Å². The van der Waals surface area contributed by atoms with Crippen molar-refractivity contribution < 1.29 is 13.2 Å². The third-order valence-electron chi connectivity index (χ3n) is 2.22. The van der Waals surface area contributed by atoms with Gasteiger partial charge in [-0.1, -0.05) is 12.1 Å². The van der Waals surface area contributed by atoms with E-state index in [1.807, 2.05) is 4.72 Å². The van der Waals surface area contributed by atoms with Crippen LogP contribution in [0.25, 0.3) is 0 Å². The van der Waals surface area contributed by atoms with Gasteiger partial charge >= 0.3 is 0 Å². The van der Waals surface area contributed by atoms with E-state index >= 15 is 0 Å². The second kappa shape index (κ2) is 5.18. The van der Waals surface area contributed by atoms with Gasteiger partial charge in [0.1, 0.15) is 0 Å². The first-order valence-corrected chi connectivity index (χ1v) is 6.75. The van der Waals surface area contributed by atoms with Crippen molar-refractivity contribution in [1.82, 2.24) is 4.72 Å². The maximum absolute atomic E-state index is 11.5. The quantitative estimate of drug-likeness (QED) is 0.775. The molecule has 0 aromatic heterocycles.